The van der Waals surface area contributed by atoms with Gasteiger partial charge in [-0.25, -0.2) is 19.6 Å². The third-order valence-corrected chi connectivity index (χ3v) is 7.96. The van der Waals surface area contributed by atoms with Gasteiger partial charge in [0.05, 0.1) is 78.0 Å². The first-order valence-corrected chi connectivity index (χ1v) is 16.3. The number of aromatic nitrogens is 2. The van der Waals surface area contributed by atoms with E-state index < -0.39 is 11.9 Å². The van der Waals surface area contributed by atoms with Gasteiger partial charge in [0, 0.05) is 57.3 Å². The Morgan fingerprint density at radius 2 is 1.31 bits per heavy atom. The highest BCUT2D eigenvalue weighted by atomic mass is 32.2. The average Bonchev–Trinajstić information content (AvgIpc) is 3.06. The van der Waals surface area contributed by atoms with E-state index in [-0.39, 0.29) is 17.5 Å². The average molecular weight is 650 g/mol. The Morgan fingerprint density at radius 3 is 1.82 bits per heavy atom. The lowest BCUT2D eigenvalue weighted by Gasteiger charge is -2.25. The zero-order valence-corrected chi connectivity index (χ0v) is 27.2. The summed E-state index contributed by atoms with van der Waals surface area (Å²) in [5, 5.41) is 0. The summed E-state index contributed by atoms with van der Waals surface area (Å²) in [7, 11) is 2.69. The van der Waals surface area contributed by atoms with Crippen molar-refractivity contribution in [3.8, 4) is 0 Å². The highest BCUT2D eigenvalue weighted by molar-refractivity contribution is 7.99. The van der Waals surface area contributed by atoms with E-state index in [1.807, 2.05) is 12.1 Å². The number of thioether (sulfide) groups is 1. The summed E-state index contributed by atoms with van der Waals surface area (Å²) in [6.45, 7) is 7.66. The van der Waals surface area contributed by atoms with Crippen LogP contribution in [0.5, 0.6) is 0 Å². The topological polar surface area (TPSA) is 148 Å². The van der Waals surface area contributed by atoms with E-state index in [2.05, 4.69) is 19.8 Å². The Bertz CT molecular complexity index is 1150. The molecule has 14 heteroatoms. The number of carbonyl (C=O) groups excluding carboxylic acids is 2. The zero-order chi connectivity index (χ0) is 32.1. The van der Waals surface area contributed by atoms with Crippen molar-refractivity contribution in [1.82, 2.24) is 19.8 Å². The Kier molecular flexibility index (Phi) is 17.9. The molecule has 0 aliphatic carbocycles. The van der Waals surface area contributed by atoms with Crippen LogP contribution in [0.3, 0.4) is 0 Å². The van der Waals surface area contributed by atoms with Gasteiger partial charge in [-0.05, 0) is 24.3 Å². The van der Waals surface area contributed by atoms with E-state index in [1.165, 1.54) is 14.2 Å². The molecule has 2 aromatic heterocycles. The van der Waals surface area contributed by atoms with Gasteiger partial charge in [-0.2, -0.15) is 11.8 Å². The van der Waals surface area contributed by atoms with Gasteiger partial charge in [-0.15, -0.1) is 0 Å². The largest absolute Gasteiger partial charge is 0.464 e. The number of rotatable bonds is 10. The van der Waals surface area contributed by atoms with Crippen LogP contribution in [-0.2, 0) is 41.5 Å². The first kappa shape index (κ1) is 36.8. The minimum absolute atomic E-state index is 0.102. The molecule has 3 heterocycles. The molecule has 45 heavy (non-hydrogen) atoms. The molecule has 1 saturated heterocycles. The fraction of sp³-hybridized carbons (Fsp3) is 0.613. The van der Waals surface area contributed by atoms with Gasteiger partial charge in [0.2, 0.25) is 0 Å². The third-order valence-electron chi connectivity index (χ3n) is 6.83. The summed E-state index contributed by atoms with van der Waals surface area (Å²) >= 11 is 1.74. The summed E-state index contributed by atoms with van der Waals surface area (Å²) in [5.41, 5.74) is 7.80. The van der Waals surface area contributed by atoms with Crippen molar-refractivity contribution in [2.75, 3.05) is 105 Å². The highest BCUT2D eigenvalue weighted by Gasteiger charge is 2.16. The maximum Gasteiger partial charge on any atom is 0.356 e. The second kappa shape index (κ2) is 21.9. The smallest absolute Gasteiger partial charge is 0.356 e. The molecule has 2 aromatic rings. The number of ether oxygens (including phenoxy) is 6. The Balaban J connectivity index is 1.61. The Labute approximate surface area is 270 Å². The van der Waals surface area contributed by atoms with Crippen LogP contribution in [0, 0.1) is 0 Å². The number of esters is 2. The van der Waals surface area contributed by atoms with E-state index in [0.29, 0.717) is 92.1 Å². The molecular formula is C31H47N5O8S. The standard InChI is InChI=1S/C31H47N5O8S/c1-39-30(37)28-7-3-5-25(33-28)21-35-10-14-41-18-19-42-15-11-36(22-26-6-4-8-29(34-26)31(38)40-2)13-17-44-27(23-43-16-12-35)24-45-20-9-32/h3-8,27H,9-24,32H2,1-2H3/t27-/m0/s1. The molecule has 0 spiro atoms. The molecule has 1 aliphatic rings. The van der Waals surface area contributed by atoms with Gasteiger partial charge in [-0.1, -0.05) is 12.1 Å². The van der Waals surface area contributed by atoms with E-state index >= 15 is 0 Å². The van der Waals surface area contributed by atoms with Crippen molar-refractivity contribution in [1.29, 1.82) is 0 Å². The van der Waals surface area contributed by atoms with Gasteiger partial charge >= 0.3 is 11.9 Å². The minimum Gasteiger partial charge on any atom is -0.464 e. The molecular weight excluding hydrogens is 602 g/mol. The van der Waals surface area contributed by atoms with Crippen LogP contribution in [0.15, 0.2) is 36.4 Å². The van der Waals surface area contributed by atoms with Crippen LogP contribution in [0.4, 0.5) is 0 Å². The first-order valence-electron chi connectivity index (χ1n) is 15.2. The highest BCUT2D eigenvalue weighted by Crippen LogP contribution is 2.10. The monoisotopic (exact) mass is 649 g/mol. The number of hydrogen-bond donors (Lipinski definition) is 1. The fourth-order valence-corrected chi connectivity index (χ4v) is 5.27. The minimum atomic E-state index is -0.464. The van der Waals surface area contributed by atoms with Gasteiger partial charge in [-0.3, -0.25) is 9.80 Å². The lowest BCUT2D eigenvalue weighted by molar-refractivity contribution is -0.0238. The molecule has 3 rings (SSSR count). The molecule has 1 fully saturated rings. The summed E-state index contributed by atoms with van der Waals surface area (Å²) in [6.07, 6.45) is -0.102. The van der Waals surface area contributed by atoms with Crippen LogP contribution in [0.2, 0.25) is 0 Å². The third kappa shape index (κ3) is 14.5. The Hall–Kier alpha value is -2.69. The predicted octanol–water partition coefficient (Wildman–Crippen LogP) is 1.49. The lowest BCUT2D eigenvalue weighted by atomic mass is 10.2. The number of hydrogen-bond acceptors (Lipinski definition) is 14. The zero-order valence-electron chi connectivity index (χ0n) is 26.4. The van der Waals surface area contributed by atoms with Crippen LogP contribution in [0.1, 0.15) is 32.4 Å². The molecule has 2 N–H and O–H groups in total. The second-order valence-corrected chi connectivity index (χ2v) is 11.4. The molecule has 1 aliphatic heterocycles. The van der Waals surface area contributed by atoms with Crippen molar-refractivity contribution in [2.45, 2.75) is 19.2 Å². The molecule has 250 valence electrons. The van der Waals surface area contributed by atoms with Crippen LogP contribution < -0.4 is 5.73 Å². The van der Waals surface area contributed by atoms with Crippen molar-refractivity contribution >= 4 is 23.7 Å². The van der Waals surface area contributed by atoms with E-state index in [4.69, 9.17) is 34.2 Å². The van der Waals surface area contributed by atoms with Gasteiger partial charge in [0.25, 0.3) is 0 Å². The number of nitrogens with two attached hydrogens (primary N) is 1. The van der Waals surface area contributed by atoms with Gasteiger partial charge in [0.1, 0.15) is 11.4 Å². The van der Waals surface area contributed by atoms with Gasteiger partial charge in [0.15, 0.2) is 0 Å². The normalized spacial score (nSPS) is 18.9. The first-order chi connectivity index (χ1) is 22.0. The summed E-state index contributed by atoms with van der Waals surface area (Å²) in [5.74, 6) is 0.685. The van der Waals surface area contributed by atoms with E-state index in [9.17, 15) is 9.59 Å². The van der Waals surface area contributed by atoms with Crippen molar-refractivity contribution in [2.24, 2.45) is 5.73 Å². The van der Waals surface area contributed by atoms with Crippen molar-refractivity contribution in [3.63, 3.8) is 0 Å². The summed E-state index contributed by atoms with van der Waals surface area (Å²) in [6, 6.07) is 10.7. The molecule has 0 aromatic carbocycles. The van der Waals surface area contributed by atoms with Gasteiger partial charge < -0.3 is 34.2 Å². The number of nitrogens with zero attached hydrogens (tertiary/aromatic N) is 4. The number of carbonyl (C=O) groups is 2. The SMILES string of the molecule is COC(=O)c1cccc(CN2CCOCCOCCN(Cc3cccc(C(=O)OC)n3)CCO[C@H](CSCCN)COCC2)n1. The van der Waals surface area contributed by atoms with Crippen molar-refractivity contribution in [3.05, 3.63) is 59.2 Å². The lowest BCUT2D eigenvalue weighted by Crippen LogP contribution is -2.35. The summed E-state index contributed by atoms with van der Waals surface area (Å²) < 4.78 is 33.8. The maximum absolute atomic E-state index is 12.0. The van der Waals surface area contributed by atoms with E-state index in [0.717, 1.165) is 22.9 Å². The predicted molar refractivity (Wildman–Crippen MR) is 170 cm³/mol. The van der Waals surface area contributed by atoms with Crippen LogP contribution in [0.25, 0.3) is 0 Å². The van der Waals surface area contributed by atoms with Crippen LogP contribution >= 0.6 is 11.8 Å². The summed E-state index contributed by atoms with van der Waals surface area (Å²) in [4.78, 5) is 37.2. The Morgan fingerprint density at radius 1 is 0.800 bits per heavy atom. The molecule has 13 nitrogen and oxygen atoms in total. The molecule has 0 unspecified atom stereocenters. The molecule has 1 atom stereocenters. The quantitative estimate of drug-likeness (QED) is 0.293. The van der Waals surface area contributed by atoms with E-state index in [1.54, 1.807) is 36.0 Å². The molecule has 0 amide bonds. The maximum atomic E-state index is 12.0. The number of pyridine rings is 2. The second-order valence-electron chi connectivity index (χ2n) is 10.2. The van der Waals surface area contributed by atoms with Crippen molar-refractivity contribution < 1.29 is 38.0 Å². The molecule has 0 saturated carbocycles. The van der Waals surface area contributed by atoms with Crippen LogP contribution in [-0.4, -0.2) is 143 Å². The molecule has 0 radical (unpaired) electrons. The number of methoxy groups -OCH3 is 2. The fourth-order valence-electron chi connectivity index (χ4n) is 4.48. The molecule has 0 bridgehead atoms.